The van der Waals surface area contributed by atoms with Crippen LogP contribution >= 0.6 is 0 Å². The van der Waals surface area contributed by atoms with Gasteiger partial charge in [-0.15, -0.1) is 0 Å². The lowest BCUT2D eigenvalue weighted by molar-refractivity contribution is -0.605. The molecule has 1 aliphatic heterocycles. The van der Waals surface area contributed by atoms with Crippen molar-refractivity contribution < 1.29 is 9.52 Å². The van der Waals surface area contributed by atoms with E-state index in [-0.39, 0.29) is 17.4 Å². The molecule has 2 aromatic rings. The maximum absolute atomic E-state index is 13.0. The summed E-state index contributed by atoms with van der Waals surface area (Å²) in [6, 6.07) is 13.8. The van der Waals surface area contributed by atoms with E-state index in [9.17, 15) is 10.0 Å². The Morgan fingerprint density at radius 3 is 2.38 bits per heavy atom. The lowest BCUT2D eigenvalue weighted by Gasteiger charge is -2.59. The second kappa shape index (κ2) is 5.93. The molecule has 1 aliphatic carbocycles. The fraction of sp³-hybridized carbons (Fsp3) is 0.400. The van der Waals surface area contributed by atoms with E-state index in [1.165, 1.54) is 50.1 Å². The van der Waals surface area contributed by atoms with Crippen LogP contribution in [0.5, 0.6) is 0 Å². The predicted molar refractivity (Wildman–Crippen MR) is 91.1 cm³/mol. The van der Waals surface area contributed by atoms with E-state index in [0.29, 0.717) is 10.3 Å². The molecular weight excluding hydrogens is 300 g/mol. The first-order valence-electron chi connectivity index (χ1n) is 8.74. The number of pyridine rings is 1. The zero-order valence-electron chi connectivity index (χ0n) is 13.7. The third kappa shape index (κ3) is 2.46. The predicted octanol–water partition coefficient (Wildman–Crippen LogP) is 3.47. The zero-order valence-corrected chi connectivity index (χ0v) is 13.7. The molecule has 1 saturated carbocycles. The fourth-order valence-electron chi connectivity index (χ4n) is 4.50. The number of likely N-dealkylation sites (tertiary alicyclic amines) is 1. The molecule has 0 N–H and O–H groups in total. The number of hydrogen-bond donors (Lipinski definition) is 0. The van der Waals surface area contributed by atoms with Gasteiger partial charge in [-0.05, 0) is 18.4 Å². The summed E-state index contributed by atoms with van der Waals surface area (Å²) in [5, 5.41) is 11.2. The lowest BCUT2D eigenvalue weighted by Crippen LogP contribution is -2.61. The minimum atomic E-state index is 0.0284. The van der Waals surface area contributed by atoms with Crippen molar-refractivity contribution in [2.45, 2.75) is 38.1 Å². The zero-order chi connectivity index (χ0) is 16.6. The highest BCUT2D eigenvalue weighted by atomic mass is 16.5. The topological polar surface area (TPSA) is 47.2 Å². The SMILES string of the molecule is O=C(c1cc[n+]([O-])cc1)N1CC2(CCCCC2)[C@@H]1c1ccccc1. The average Bonchev–Trinajstić information content (AvgIpc) is 2.62. The van der Waals surface area contributed by atoms with Crippen LogP contribution in [0.25, 0.3) is 0 Å². The molecule has 2 aliphatic rings. The first-order valence-corrected chi connectivity index (χ1v) is 8.74. The number of benzene rings is 1. The van der Waals surface area contributed by atoms with Gasteiger partial charge in [0.25, 0.3) is 5.91 Å². The largest absolute Gasteiger partial charge is 0.619 e. The molecule has 1 amide bonds. The molecular formula is C20H22N2O2. The number of aromatic nitrogens is 1. The van der Waals surface area contributed by atoms with Crippen LogP contribution in [0, 0.1) is 10.6 Å². The summed E-state index contributed by atoms with van der Waals surface area (Å²) in [4.78, 5) is 15.0. The third-order valence-corrected chi connectivity index (χ3v) is 5.65. The smallest absolute Gasteiger partial charge is 0.254 e. The molecule has 0 radical (unpaired) electrons. The van der Waals surface area contributed by atoms with Crippen molar-refractivity contribution in [2.75, 3.05) is 6.54 Å². The van der Waals surface area contributed by atoms with Crippen molar-refractivity contribution in [1.29, 1.82) is 0 Å². The number of hydrogen-bond acceptors (Lipinski definition) is 2. The van der Waals surface area contributed by atoms with Crippen LogP contribution in [-0.2, 0) is 0 Å². The molecule has 1 aromatic carbocycles. The number of rotatable bonds is 2. The standard InChI is InChI=1S/C20H22N2O2/c23-19(17-9-13-21(24)14-10-17)22-15-20(11-5-2-6-12-20)18(22)16-7-3-1-4-8-16/h1,3-4,7-10,13-14,18H,2,5-6,11-12,15H2/t18-/m0/s1. The van der Waals surface area contributed by atoms with Gasteiger partial charge in [0.2, 0.25) is 0 Å². The van der Waals surface area contributed by atoms with E-state index >= 15 is 0 Å². The van der Waals surface area contributed by atoms with Gasteiger partial charge in [0, 0.05) is 24.1 Å². The van der Waals surface area contributed by atoms with Gasteiger partial charge in [-0.3, -0.25) is 4.79 Å². The van der Waals surface area contributed by atoms with Crippen molar-refractivity contribution in [3.05, 3.63) is 71.2 Å². The Morgan fingerprint density at radius 1 is 1.04 bits per heavy atom. The van der Waals surface area contributed by atoms with Crippen LogP contribution in [0.15, 0.2) is 54.9 Å². The van der Waals surface area contributed by atoms with Crippen molar-refractivity contribution in [1.82, 2.24) is 4.90 Å². The minimum Gasteiger partial charge on any atom is -0.619 e. The minimum absolute atomic E-state index is 0.0284. The van der Waals surface area contributed by atoms with Gasteiger partial charge in [0.05, 0.1) is 11.6 Å². The monoisotopic (exact) mass is 322 g/mol. The average molecular weight is 322 g/mol. The van der Waals surface area contributed by atoms with E-state index in [1.807, 2.05) is 11.0 Å². The number of amides is 1. The molecule has 1 atom stereocenters. The highest BCUT2D eigenvalue weighted by molar-refractivity contribution is 5.95. The normalized spacial score (nSPS) is 22.2. The summed E-state index contributed by atoms with van der Waals surface area (Å²) >= 11 is 0. The first-order chi connectivity index (χ1) is 11.7. The molecule has 4 heteroatoms. The van der Waals surface area contributed by atoms with Crippen molar-refractivity contribution in [3.63, 3.8) is 0 Å². The van der Waals surface area contributed by atoms with Gasteiger partial charge in [0.15, 0.2) is 12.4 Å². The molecule has 1 saturated heterocycles. The van der Waals surface area contributed by atoms with Gasteiger partial charge in [0.1, 0.15) is 0 Å². The summed E-state index contributed by atoms with van der Waals surface area (Å²) in [6.45, 7) is 0.831. The highest BCUT2D eigenvalue weighted by Crippen LogP contribution is 2.57. The number of nitrogens with zero attached hydrogens (tertiary/aromatic N) is 2. The number of carbonyl (C=O) groups is 1. The second-order valence-corrected chi connectivity index (χ2v) is 7.12. The summed E-state index contributed by atoms with van der Waals surface area (Å²) in [7, 11) is 0. The Kier molecular flexibility index (Phi) is 3.75. The Bertz CT molecular complexity index is 721. The Morgan fingerprint density at radius 2 is 1.71 bits per heavy atom. The van der Waals surface area contributed by atoms with Crippen molar-refractivity contribution in [3.8, 4) is 0 Å². The molecule has 4 nitrogen and oxygen atoms in total. The van der Waals surface area contributed by atoms with Crippen LogP contribution in [0.3, 0.4) is 0 Å². The van der Waals surface area contributed by atoms with E-state index in [4.69, 9.17) is 0 Å². The number of carbonyl (C=O) groups excluding carboxylic acids is 1. The summed E-state index contributed by atoms with van der Waals surface area (Å²) < 4.78 is 0.712. The van der Waals surface area contributed by atoms with Gasteiger partial charge in [-0.25, -0.2) is 0 Å². The van der Waals surface area contributed by atoms with E-state index in [0.717, 1.165) is 6.54 Å². The quantitative estimate of drug-likeness (QED) is 0.628. The fourth-order valence-corrected chi connectivity index (χ4v) is 4.50. The van der Waals surface area contributed by atoms with E-state index < -0.39 is 0 Å². The van der Waals surface area contributed by atoms with Crippen LogP contribution in [0.1, 0.15) is 54.1 Å². The molecule has 1 aromatic heterocycles. The Labute approximate surface area is 142 Å². The summed E-state index contributed by atoms with van der Waals surface area (Å²) in [5.41, 5.74) is 2.06. The van der Waals surface area contributed by atoms with Crippen molar-refractivity contribution in [2.24, 2.45) is 5.41 Å². The molecule has 24 heavy (non-hydrogen) atoms. The van der Waals surface area contributed by atoms with Gasteiger partial charge in [-0.1, -0.05) is 49.6 Å². The van der Waals surface area contributed by atoms with Gasteiger partial charge < -0.3 is 10.1 Å². The lowest BCUT2D eigenvalue weighted by atomic mass is 9.61. The molecule has 1 spiro atoms. The molecule has 0 bridgehead atoms. The van der Waals surface area contributed by atoms with Crippen LogP contribution in [0.2, 0.25) is 0 Å². The van der Waals surface area contributed by atoms with E-state index in [2.05, 4.69) is 24.3 Å². The van der Waals surface area contributed by atoms with Crippen molar-refractivity contribution >= 4 is 5.91 Å². The maximum atomic E-state index is 13.0. The molecule has 2 fully saturated rings. The summed E-state index contributed by atoms with van der Waals surface area (Å²) in [5.74, 6) is 0.0284. The van der Waals surface area contributed by atoms with E-state index in [1.54, 1.807) is 12.1 Å². The summed E-state index contributed by atoms with van der Waals surface area (Å²) in [6.07, 6.45) is 9.00. The molecule has 4 rings (SSSR count). The molecule has 2 heterocycles. The van der Waals surface area contributed by atoms with Crippen LogP contribution in [0.4, 0.5) is 0 Å². The second-order valence-electron chi connectivity index (χ2n) is 7.12. The third-order valence-electron chi connectivity index (χ3n) is 5.65. The van der Waals surface area contributed by atoms with Crippen LogP contribution < -0.4 is 4.73 Å². The Hall–Kier alpha value is -2.36. The first kappa shape index (κ1) is 15.2. The highest BCUT2D eigenvalue weighted by Gasteiger charge is 2.54. The molecule has 0 unspecified atom stereocenters. The van der Waals surface area contributed by atoms with Crippen LogP contribution in [-0.4, -0.2) is 17.4 Å². The van der Waals surface area contributed by atoms with Gasteiger partial charge in [-0.2, -0.15) is 4.73 Å². The maximum Gasteiger partial charge on any atom is 0.254 e. The Balaban J connectivity index is 1.65. The molecule has 124 valence electrons. The van der Waals surface area contributed by atoms with Gasteiger partial charge >= 0.3 is 0 Å².